The van der Waals surface area contributed by atoms with Crippen LogP contribution >= 0.6 is 0 Å². The van der Waals surface area contributed by atoms with Crippen LogP contribution in [0, 0.1) is 5.92 Å². The highest BCUT2D eigenvalue weighted by molar-refractivity contribution is 5.45. The number of rotatable bonds is 10. The molecule has 0 aliphatic rings. The summed E-state index contributed by atoms with van der Waals surface area (Å²) in [5, 5.41) is 0. The lowest BCUT2D eigenvalue weighted by atomic mass is 9.98. The fourth-order valence-electron chi connectivity index (χ4n) is 2.48. The minimum atomic E-state index is 0.773. The van der Waals surface area contributed by atoms with Gasteiger partial charge in [-0.3, -0.25) is 0 Å². The van der Waals surface area contributed by atoms with Crippen molar-refractivity contribution in [1.29, 1.82) is 0 Å². The van der Waals surface area contributed by atoms with Gasteiger partial charge in [-0.2, -0.15) is 0 Å². The van der Waals surface area contributed by atoms with Crippen LogP contribution in [0.4, 0.5) is 5.69 Å². The Hall–Kier alpha value is -1.02. The van der Waals surface area contributed by atoms with Crippen LogP contribution in [0.5, 0.6) is 0 Å². The molecule has 2 nitrogen and oxygen atoms in total. The molecule has 108 valence electrons. The second-order valence-electron chi connectivity index (χ2n) is 5.34. The van der Waals surface area contributed by atoms with Gasteiger partial charge in [0.15, 0.2) is 0 Å². The molecule has 0 bridgehead atoms. The summed E-state index contributed by atoms with van der Waals surface area (Å²) in [5.74, 6) is 0.804. The van der Waals surface area contributed by atoms with Gasteiger partial charge < -0.3 is 10.6 Å². The third-order valence-corrected chi connectivity index (χ3v) is 3.78. The van der Waals surface area contributed by atoms with Crippen LogP contribution in [0.15, 0.2) is 30.3 Å². The number of para-hydroxylation sites is 1. The van der Waals surface area contributed by atoms with Crippen LogP contribution in [0.3, 0.4) is 0 Å². The van der Waals surface area contributed by atoms with Crippen molar-refractivity contribution in [3.05, 3.63) is 30.3 Å². The standard InChI is InChI=1S/C17H30N2/c1-3-5-10-16(4-2)15-19(14-9-13-18)17-11-7-6-8-12-17/h6-8,11-12,16H,3-5,9-10,13-15,18H2,1-2H3. The zero-order chi connectivity index (χ0) is 13.9. The number of hydrogen-bond acceptors (Lipinski definition) is 2. The Bertz CT molecular complexity index is 310. The zero-order valence-electron chi connectivity index (χ0n) is 12.6. The van der Waals surface area contributed by atoms with Crippen molar-refractivity contribution in [2.24, 2.45) is 11.7 Å². The Morgan fingerprint density at radius 2 is 1.84 bits per heavy atom. The number of anilines is 1. The van der Waals surface area contributed by atoms with E-state index in [4.69, 9.17) is 5.73 Å². The molecule has 2 heteroatoms. The first-order valence-corrected chi connectivity index (χ1v) is 7.81. The van der Waals surface area contributed by atoms with E-state index in [1.807, 2.05) is 0 Å². The van der Waals surface area contributed by atoms with E-state index in [-0.39, 0.29) is 0 Å². The lowest BCUT2D eigenvalue weighted by molar-refractivity contribution is 0.444. The lowest BCUT2D eigenvalue weighted by Gasteiger charge is -2.29. The van der Waals surface area contributed by atoms with Crippen molar-refractivity contribution in [2.45, 2.75) is 46.0 Å². The second kappa shape index (κ2) is 9.85. The summed E-state index contributed by atoms with van der Waals surface area (Å²) in [6.45, 7) is 7.60. The zero-order valence-corrected chi connectivity index (χ0v) is 12.6. The smallest absolute Gasteiger partial charge is 0.0366 e. The molecule has 0 amide bonds. The first-order chi connectivity index (χ1) is 9.31. The predicted molar refractivity (Wildman–Crippen MR) is 85.6 cm³/mol. The molecule has 0 fully saturated rings. The maximum atomic E-state index is 5.67. The number of unbranched alkanes of at least 4 members (excludes halogenated alkanes) is 1. The van der Waals surface area contributed by atoms with Crippen molar-refractivity contribution >= 4 is 5.69 Å². The Morgan fingerprint density at radius 1 is 1.11 bits per heavy atom. The van der Waals surface area contributed by atoms with E-state index in [9.17, 15) is 0 Å². The van der Waals surface area contributed by atoms with Crippen LogP contribution in [0.25, 0.3) is 0 Å². The maximum Gasteiger partial charge on any atom is 0.0366 e. The topological polar surface area (TPSA) is 29.3 Å². The summed E-state index contributed by atoms with van der Waals surface area (Å²) >= 11 is 0. The molecule has 0 saturated carbocycles. The third kappa shape index (κ3) is 6.11. The number of nitrogens with two attached hydrogens (primary N) is 1. The van der Waals surface area contributed by atoms with Crippen molar-refractivity contribution in [3.63, 3.8) is 0 Å². The maximum absolute atomic E-state index is 5.67. The minimum absolute atomic E-state index is 0.773. The molecule has 1 aromatic rings. The molecule has 0 heterocycles. The molecule has 1 unspecified atom stereocenters. The van der Waals surface area contributed by atoms with E-state index >= 15 is 0 Å². The van der Waals surface area contributed by atoms with E-state index < -0.39 is 0 Å². The molecule has 19 heavy (non-hydrogen) atoms. The summed E-state index contributed by atoms with van der Waals surface area (Å²) in [5.41, 5.74) is 7.01. The van der Waals surface area contributed by atoms with E-state index in [1.54, 1.807) is 0 Å². The van der Waals surface area contributed by atoms with Gasteiger partial charge in [0.1, 0.15) is 0 Å². The first kappa shape index (κ1) is 16.0. The van der Waals surface area contributed by atoms with E-state index in [2.05, 4.69) is 49.1 Å². The Kier molecular flexibility index (Phi) is 8.31. The number of nitrogens with zero attached hydrogens (tertiary/aromatic N) is 1. The summed E-state index contributed by atoms with van der Waals surface area (Å²) in [4.78, 5) is 2.51. The van der Waals surface area contributed by atoms with Gasteiger partial charge >= 0.3 is 0 Å². The van der Waals surface area contributed by atoms with Gasteiger partial charge in [0, 0.05) is 18.8 Å². The Balaban J connectivity index is 2.62. The summed E-state index contributed by atoms with van der Waals surface area (Å²) in [7, 11) is 0. The Morgan fingerprint density at radius 3 is 2.42 bits per heavy atom. The van der Waals surface area contributed by atoms with Crippen LogP contribution in [-0.4, -0.2) is 19.6 Å². The molecule has 0 aliphatic heterocycles. The van der Waals surface area contributed by atoms with Crippen molar-refractivity contribution in [1.82, 2.24) is 0 Å². The monoisotopic (exact) mass is 262 g/mol. The largest absolute Gasteiger partial charge is 0.371 e. The number of benzene rings is 1. The van der Waals surface area contributed by atoms with Gasteiger partial charge in [-0.1, -0.05) is 51.3 Å². The van der Waals surface area contributed by atoms with Crippen molar-refractivity contribution < 1.29 is 0 Å². The highest BCUT2D eigenvalue weighted by atomic mass is 15.1. The first-order valence-electron chi connectivity index (χ1n) is 7.81. The predicted octanol–water partition coefficient (Wildman–Crippen LogP) is 4.06. The highest BCUT2D eigenvalue weighted by Gasteiger charge is 2.12. The highest BCUT2D eigenvalue weighted by Crippen LogP contribution is 2.20. The lowest BCUT2D eigenvalue weighted by Crippen LogP contribution is -2.31. The van der Waals surface area contributed by atoms with Gasteiger partial charge in [0.05, 0.1) is 0 Å². The van der Waals surface area contributed by atoms with Gasteiger partial charge in [-0.25, -0.2) is 0 Å². The Labute approximate surface area is 119 Å². The van der Waals surface area contributed by atoms with Crippen LogP contribution in [-0.2, 0) is 0 Å². The van der Waals surface area contributed by atoms with Crippen molar-refractivity contribution in [3.8, 4) is 0 Å². The second-order valence-corrected chi connectivity index (χ2v) is 5.34. The van der Waals surface area contributed by atoms with Crippen LogP contribution < -0.4 is 10.6 Å². The van der Waals surface area contributed by atoms with E-state index in [1.165, 1.54) is 37.9 Å². The third-order valence-electron chi connectivity index (χ3n) is 3.78. The molecular weight excluding hydrogens is 232 g/mol. The molecule has 0 spiro atoms. The van der Waals surface area contributed by atoms with E-state index in [0.29, 0.717) is 0 Å². The molecule has 0 radical (unpaired) electrons. The van der Waals surface area contributed by atoms with Crippen molar-refractivity contribution in [2.75, 3.05) is 24.5 Å². The van der Waals surface area contributed by atoms with Crippen LogP contribution in [0.2, 0.25) is 0 Å². The van der Waals surface area contributed by atoms with Gasteiger partial charge in [-0.15, -0.1) is 0 Å². The molecule has 1 atom stereocenters. The SMILES string of the molecule is CCCCC(CC)CN(CCCN)c1ccccc1. The van der Waals surface area contributed by atoms with Gasteiger partial charge in [0.2, 0.25) is 0 Å². The molecule has 2 N–H and O–H groups in total. The molecular formula is C17H30N2. The normalized spacial score (nSPS) is 12.4. The summed E-state index contributed by atoms with van der Waals surface area (Å²) in [6, 6.07) is 10.8. The average Bonchev–Trinajstić information content (AvgIpc) is 2.47. The summed E-state index contributed by atoms with van der Waals surface area (Å²) in [6.07, 6.45) is 6.33. The number of hydrogen-bond donors (Lipinski definition) is 1. The molecule has 0 saturated heterocycles. The molecule has 0 aliphatic carbocycles. The van der Waals surface area contributed by atoms with E-state index in [0.717, 1.165) is 25.4 Å². The van der Waals surface area contributed by atoms with Gasteiger partial charge in [-0.05, 0) is 37.4 Å². The minimum Gasteiger partial charge on any atom is -0.371 e. The fraction of sp³-hybridized carbons (Fsp3) is 0.647. The molecule has 0 aromatic heterocycles. The van der Waals surface area contributed by atoms with Gasteiger partial charge in [0.25, 0.3) is 0 Å². The molecule has 1 aromatic carbocycles. The summed E-state index contributed by atoms with van der Waals surface area (Å²) < 4.78 is 0. The molecule has 1 rings (SSSR count). The quantitative estimate of drug-likeness (QED) is 0.689. The fourth-order valence-corrected chi connectivity index (χ4v) is 2.48. The average molecular weight is 262 g/mol. The van der Waals surface area contributed by atoms with Crippen LogP contribution in [0.1, 0.15) is 46.0 Å².